The minimum Gasteiger partial charge on any atom is -0.762 e. The van der Waals surface area contributed by atoms with E-state index in [2.05, 4.69) is 6.58 Å². The first kappa shape index (κ1) is 8.06. The first-order chi connectivity index (χ1) is 5.79. The highest BCUT2D eigenvalue weighted by molar-refractivity contribution is 5.90. The van der Waals surface area contributed by atoms with Crippen LogP contribution in [0.25, 0.3) is 11.0 Å². The molecule has 1 aromatic rings. The monoisotopic (exact) mass is 157 g/mol. The number of furan rings is 1. The summed E-state index contributed by atoms with van der Waals surface area (Å²) < 4.78 is 4.96. The average Bonchev–Trinajstić information content (AvgIpc) is 2.58. The molecule has 3 heteroatoms. The van der Waals surface area contributed by atoms with Crippen LogP contribution in [0.2, 0.25) is 0 Å². The van der Waals surface area contributed by atoms with Gasteiger partial charge in [0.25, 0.3) is 0 Å². The van der Waals surface area contributed by atoms with E-state index < -0.39 is 0 Å². The quantitative estimate of drug-likeness (QED) is 0.374. The second kappa shape index (κ2) is 3.38. The zero-order valence-corrected chi connectivity index (χ0v) is 6.24. The Morgan fingerprint density at radius 1 is 1.67 bits per heavy atom. The molecule has 0 unspecified atom stereocenters. The summed E-state index contributed by atoms with van der Waals surface area (Å²) >= 11 is 0. The van der Waals surface area contributed by atoms with Crippen molar-refractivity contribution in [2.45, 2.75) is 0 Å². The van der Waals surface area contributed by atoms with E-state index in [1.165, 1.54) is 6.26 Å². The summed E-state index contributed by atoms with van der Waals surface area (Å²) in [6, 6.07) is 5.06. The third-order valence-electron chi connectivity index (χ3n) is 1.34. The van der Waals surface area contributed by atoms with Gasteiger partial charge in [-0.1, -0.05) is 6.58 Å². The fourth-order valence-corrected chi connectivity index (χ4v) is 0.733. The van der Waals surface area contributed by atoms with Crippen molar-refractivity contribution in [3.8, 4) is 6.07 Å². The molecule has 0 spiro atoms. The summed E-state index contributed by atoms with van der Waals surface area (Å²) in [5.74, 6) is 2.19. The van der Waals surface area contributed by atoms with Crippen molar-refractivity contribution in [2.75, 3.05) is 0 Å². The molecule has 1 heterocycles. The van der Waals surface area contributed by atoms with Crippen molar-refractivity contribution >= 4 is 11.4 Å². The lowest BCUT2D eigenvalue weighted by Gasteiger charge is -1.96. The number of hydrogen-bond acceptors (Lipinski definition) is 2. The molecule has 0 aliphatic heterocycles. The van der Waals surface area contributed by atoms with Crippen LogP contribution in [0.5, 0.6) is 0 Å². The topological polar surface area (TPSA) is 59.2 Å². The van der Waals surface area contributed by atoms with E-state index in [9.17, 15) is 0 Å². The summed E-state index contributed by atoms with van der Waals surface area (Å²) in [7, 11) is 0. The minimum atomic E-state index is -0.0232. The fourth-order valence-electron chi connectivity index (χ4n) is 0.733. The smallest absolute Gasteiger partial charge is 0.135 e. The lowest BCUT2D eigenvalue weighted by Crippen LogP contribution is -1.83. The predicted molar refractivity (Wildman–Crippen MR) is 45.2 cm³/mol. The van der Waals surface area contributed by atoms with Crippen molar-refractivity contribution in [1.82, 2.24) is 0 Å². The lowest BCUT2D eigenvalue weighted by molar-refractivity contribution is 0.554. The van der Waals surface area contributed by atoms with E-state index in [1.807, 2.05) is 0 Å². The molecule has 0 saturated heterocycles. The second-order valence-electron chi connectivity index (χ2n) is 2.05. The van der Waals surface area contributed by atoms with Crippen molar-refractivity contribution in [3.05, 3.63) is 41.7 Å². The molecule has 0 saturated carbocycles. The van der Waals surface area contributed by atoms with Gasteiger partial charge in [-0.25, -0.2) is 5.87 Å². The van der Waals surface area contributed by atoms with Crippen LogP contribution < -0.4 is 0 Å². The molecule has 58 valence electrons. The third kappa shape index (κ3) is 1.34. The van der Waals surface area contributed by atoms with Crippen LogP contribution in [0, 0.1) is 11.3 Å². The van der Waals surface area contributed by atoms with Crippen molar-refractivity contribution < 1.29 is 4.42 Å². The number of nitrogens with zero attached hydrogens (tertiary/aromatic N) is 2. The molecular weight excluding hydrogens is 152 g/mol. The molecule has 1 rings (SSSR count). The van der Waals surface area contributed by atoms with E-state index >= 15 is 0 Å². The Hall–Kier alpha value is -2.04. The van der Waals surface area contributed by atoms with Gasteiger partial charge in [0.05, 0.1) is 11.8 Å². The molecular formula is C9H5N2O-. The Morgan fingerprint density at radius 2 is 2.42 bits per heavy atom. The molecule has 12 heavy (non-hydrogen) atoms. The van der Waals surface area contributed by atoms with Crippen LogP contribution in [-0.2, 0) is 0 Å². The maximum atomic E-state index is 8.48. The van der Waals surface area contributed by atoms with Gasteiger partial charge in [-0.3, -0.25) is 0 Å². The highest BCUT2D eigenvalue weighted by Crippen LogP contribution is 2.18. The molecule has 0 atom stereocenters. The molecule has 0 aromatic carbocycles. The highest BCUT2D eigenvalue weighted by Gasteiger charge is 2.04. The van der Waals surface area contributed by atoms with E-state index in [-0.39, 0.29) is 5.57 Å². The number of hydrogen-bond donors (Lipinski definition) is 0. The number of rotatable bonds is 2. The molecule has 0 aliphatic carbocycles. The van der Waals surface area contributed by atoms with Gasteiger partial charge >= 0.3 is 0 Å². The zero-order chi connectivity index (χ0) is 8.97. The Labute approximate surface area is 69.7 Å². The molecule has 1 aromatic heterocycles. The minimum absolute atomic E-state index is 0.0232. The maximum Gasteiger partial charge on any atom is 0.135 e. The third-order valence-corrected chi connectivity index (χ3v) is 1.34. The summed E-state index contributed by atoms with van der Waals surface area (Å²) in [6.07, 6.45) is 1.47. The Kier molecular flexibility index (Phi) is 2.27. The molecule has 0 aliphatic rings. The maximum absolute atomic E-state index is 8.48. The van der Waals surface area contributed by atoms with Crippen molar-refractivity contribution in [2.24, 2.45) is 0 Å². The first-order valence-electron chi connectivity index (χ1n) is 3.20. The average molecular weight is 157 g/mol. The molecule has 3 nitrogen and oxygen atoms in total. The van der Waals surface area contributed by atoms with Gasteiger partial charge in [-0.05, 0) is 12.1 Å². The van der Waals surface area contributed by atoms with Crippen LogP contribution >= 0.6 is 0 Å². The summed E-state index contributed by atoms with van der Waals surface area (Å²) in [6.45, 7) is 3.56. The van der Waals surface area contributed by atoms with Crippen LogP contribution in [-0.4, -0.2) is 5.87 Å². The zero-order valence-electron chi connectivity index (χ0n) is 6.24. The Bertz CT molecular complexity index is 375. The summed E-state index contributed by atoms with van der Waals surface area (Å²) in [5.41, 5.74) is 0.301. The molecule has 0 amide bonds. The van der Waals surface area contributed by atoms with Crippen molar-refractivity contribution in [1.29, 1.82) is 5.26 Å². The van der Waals surface area contributed by atoms with Gasteiger partial charge in [0.2, 0.25) is 0 Å². The van der Waals surface area contributed by atoms with Gasteiger partial charge in [0.1, 0.15) is 11.8 Å². The van der Waals surface area contributed by atoms with Gasteiger partial charge in [0.15, 0.2) is 0 Å². The van der Waals surface area contributed by atoms with Gasteiger partial charge in [-0.2, -0.15) is 5.26 Å². The SMILES string of the molecule is C=C(C(=C=[N-])C#N)c1ccco1. The van der Waals surface area contributed by atoms with Gasteiger partial charge < -0.3 is 9.83 Å². The summed E-state index contributed by atoms with van der Waals surface area (Å²) in [4.78, 5) is 0. The van der Waals surface area contributed by atoms with Gasteiger partial charge in [0, 0.05) is 5.57 Å². The number of nitriles is 1. The van der Waals surface area contributed by atoms with E-state index in [1.54, 1.807) is 24.1 Å². The van der Waals surface area contributed by atoms with Crippen LogP contribution in [0.15, 0.2) is 35.0 Å². The van der Waals surface area contributed by atoms with Gasteiger partial charge in [-0.15, -0.1) is 0 Å². The second-order valence-corrected chi connectivity index (χ2v) is 2.05. The largest absolute Gasteiger partial charge is 0.762 e. The summed E-state index contributed by atoms with van der Waals surface area (Å²) in [5, 5.41) is 17.0. The van der Waals surface area contributed by atoms with Crippen LogP contribution in [0.3, 0.4) is 0 Å². The molecule has 0 N–H and O–H groups in total. The first-order valence-corrected chi connectivity index (χ1v) is 3.20. The molecule has 0 radical (unpaired) electrons. The fraction of sp³-hybridized carbons (Fsp3) is 0. The van der Waals surface area contributed by atoms with E-state index in [4.69, 9.17) is 15.1 Å². The molecule has 0 fully saturated rings. The lowest BCUT2D eigenvalue weighted by atomic mass is 10.1. The van der Waals surface area contributed by atoms with Crippen LogP contribution in [0.4, 0.5) is 0 Å². The van der Waals surface area contributed by atoms with Crippen molar-refractivity contribution in [3.63, 3.8) is 0 Å². The Morgan fingerprint density at radius 3 is 2.83 bits per heavy atom. The Balaban J connectivity index is 3.03. The number of allylic oxidation sites excluding steroid dienone is 2. The van der Waals surface area contributed by atoms with Crippen LogP contribution in [0.1, 0.15) is 5.76 Å². The standard InChI is InChI=1S/C9H5N2O/c1-7(8(5-10)6-11)9-3-2-4-12-9/h2-4H,1H2/q-1. The normalized spacial score (nSPS) is 8.25. The highest BCUT2D eigenvalue weighted by atomic mass is 16.3. The predicted octanol–water partition coefficient (Wildman–Crippen LogP) is 1.98. The molecule has 0 bridgehead atoms. The van der Waals surface area contributed by atoms with E-state index in [0.29, 0.717) is 11.3 Å². The van der Waals surface area contributed by atoms with E-state index in [0.717, 1.165) is 0 Å².